The molecule has 1 aromatic heterocycles. The number of hydrogen-bond acceptors (Lipinski definition) is 3. The second-order valence-electron chi connectivity index (χ2n) is 3.50. The summed E-state index contributed by atoms with van der Waals surface area (Å²) in [4.78, 5) is 9.20. The summed E-state index contributed by atoms with van der Waals surface area (Å²) in [6.07, 6.45) is 7.30. The minimum Gasteiger partial charge on any atom is -0.237 e. The molecule has 0 N–H and O–H groups in total. The second kappa shape index (κ2) is 4.94. The molecule has 16 heavy (non-hydrogen) atoms. The molecule has 0 radical (unpaired) electrons. The van der Waals surface area contributed by atoms with Gasteiger partial charge in [0.1, 0.15) is 0 Å². The summed E-state index contributed by atoms with van der Waals surface area (Å²) in [5.41, 5.74) is 2.28. The summed E-state index contributed by atoms with van der Waals surface area (Å²) >= 11 is 4.42. The van der Waals surface area contributed by atoms with Crippen LogP contribution in [-0.2, 0) is 0 Å². The highest BCUT2D eigenvalue weighted by Gasteiger charge is 1.95. The molecule has 0 spiro atoms. The number of thiol groups is 1. The zero-order chi connectivity index (χ0) is 11.4. The standard InChI is InChI=1S/C13H12N2S/c1-10-3-4-11(12(16)9-10)5-6-13-14-7-2-8-15-13/h2-9,16H,1H3. The van der Waals surface area contributed by atoms with Gasteiger partial charge in [0.25, 0.3) is 0 Å². The maximum atomic E-state index is 4.42. The average Bonchev–Trinajstić information content (AvgIpc) is 2.29. The zero-order valence-corrected chi connectivity index (χ0v) is 9.85. The number of benzene rings is 1. The Morgan fingerprint density at radius 3 is 2.56 bits per heavy atom. The van der Waals surface area contributed by atoms with Gasteiger partial charge in [-0.05, 0) is 36.3 Å². The van der Waals surface area contributed by atoms with Crippen molar-refractivity contribution in [1.82, 2.24) is 9.97 Å². The van der Waals surface area contributed by atoms with Crippen molar-refractivity contribution in [2.45, 2.75) is 11.8 Å². The first-order valence-corrected chi connectivity index (χ1v) is 5.45. The number of hydrogen-bond donors (Lipinski definition) is 1. The van der Waals surface area contributed by atoms with E-state index in [4.69, 9.17) is 0 Å². The zero-order valence-electron chi connectivity index (χ0n) is 8.96. The van der Waals surface area contributed by atoms with E-state index in [0.717, 1.165) is 10.5 Å². The van der Waals surface area contributed by atoms with Crippen LogP contribution >= 0.6 is 12.6 Å². The predicted molar refractivity (Wildman–Crippen MR) is 69.4 cm³/mol. The van der Waals surface area contributed by atoms with E-state index in [1.807, 2.05) is 31.2 Å². The highest BCUT2D eigenvalue weighted by atomic mass is 32.1. The first kappa shape index (κ1) is 10.9. The minimum absolute atomic E-state index is 0.704. The third-order valence-electron chi connectivity index (χ3n) is 2.18. The lowest BCUT2D eigenvalue weighted by Gasteiger charge is -2.00. The topological polar surface area (TPSA) is 25.8 Å². The molecule has 80 valence electrons. The number of aromatic nitrogens is 2. The van der Waals surface area contributed by atoms with Crippen LogP contribution < -0.4 is 0 Å². The summed E-state index contributed by atoms with van der Waals surface area (Å²) in [5.74, 6) is 0.704. The first-order valence-electron chi connectivity index (χ1n) is 5.00. The van der Waals surface area contributed by atoms with Crippen molar-refractivity contribution in [3.63, 3.8) is 0 Å². The Bertz CT molecular complexity index is 507. The van der Waals surface area contributed by atoms with Crippen molar-refractivity contribution in [2.75, 3.05) is 0 Å². The van der Waals surface area contributed by atoms with Crippen LogP contribution in [0.5, 0.6) is 0 Å². The van der Waals surface area contributed by atoms with Crippen molar-refractivity contribution >= 4 is 24.8 Å². The Morgan fingerprint density at radius 2 is 1.88 bits per heavy atom. The maximum Gasteiger partial charge on any atom is 0.151 e. The summed E-state index contributed by atoms with van der Waals surface area (Å²) in [5, 5.41) is 0. The van der Waals surface area contributed by atoms with E-state index in [2.05, 4.69) is 28.7 Å². The van der Waals surface area contributed by atoms with Crippen LogP contribution in [0.2, 0.25) is 0 Å². The molecule has 0 aliphatic heterocycles. The average molecular weight is 228 g/mol. The van der Waals surface area contributed by atoms with Crippen LogP contribution in [0, 0.1) is 6.92 Å². The third kappa shape index (κ3) is 2.70. The van der Waals surface area contributed by atoms with Crippen LogP contribution in [0.25, 0.3) is 12.2 Å². The molecule has 2 rings (SSSR count). The second-order valence-corrected chi connectivity index (χ2v) is 3.98. The maximum absolute atomic E-state index is 4.42. The first-order chi connectivity index (χ1) is 7.75. The molecule has 0 amide bonds. The number of aryl methyl sites for hydroxylation is 1. The van der Waals surface area contributed by atoms with Crippen molar-refractivity contribution in [1.29, 1.82) is 0 Å². The summed E-state index contributed by atoms with van der Waals surface area (Å²) in [6.45, 7) is 2.05. The molecule has 0 unspecified atom stereocenters. The molecule has 0 aliphatic rings. The number of rotatable bonds is 2. The normalized spacial score (nSPS) is 10.9. The van der Waals surface area contributed by atoms with Crippen LogP contribution in [0.15, 0.2) is 41.6 Å². The van der Waals surface area contributed by atoms with Gasteiger partial charge in [-0.1, -0.05) is 18.2 Å². The third-order valence-corrected chi connectivity index (χ3v) is 2.57. The smallest absolute Gasteiger partial charge is 0.151 e. The van der Waals surface area contributed by atoms with Crippen LogP contribution in [-0.4, -0.2) is 9.97 Å². The molecule has 2 aromatic rings. The highest BCUT2D eigenvalue weighted by molar-refractivity contribution is 7.80. The molecule has 0 saturated carbocycles. The van der Waals surface area contributed by atoms with E-state index in [9.17, 15) is 0 Å². The molecule has 2 nitrogen and oxygen atoms in total. The van der Waals surface area contributed by atoms with Gasteiger partial charge >= 0.3 is 0 Å². The van der Waals surface area contributed by atoms with E-state index < -0.39 is 0 Å². The van der Waals surface area contributed by atoms with Gasteiger partial charge in [0.15, 0.2) is 5.82 Å². The fourth-order valence-electron chi connectivity index (χ4n) is 1.36. The van der Waals surface area contributed by atoms with Gasteiger partial charge in [0.05, 0.1) is 0 Å². The molecule has 0 atom stereocenters. The van der Waals surface area contributed by atoms with Crippen molar-refractivity contribution in [2.24, 2.45) is 0 Å². The van der Waals surface area contributed by atoms with Gasteiger partial charge in [-0.15, -0.1) is 12.6 Å². The van der Waals surface area contributed by atoms with E-state index >= 15 is 0 Å². The Hall–Kier alpha value is -1.61. The Labute approximate surface area is 100 Å². The van der Waals surface area contributed by atoms with Gasteiger partial charge in [-0.3, -0.25) is 0 Å². The minimum atomic E-state index is 0.704. The van der Waals surface area contributed by atoms with Crippen molar-refractivity contribution < 1.29 is 0 Å². The van der Waals surface area contributed by atoms with Crippen LogP contribution in [0.3, 0.4) is 0 Å². The van der Waals surface area contributed by atoms with Gasteiger partial charge < -0.3 is 0 Å². The SMILES string of the molecule is Cc1ccc(C=Cc2ncccn2)c(S)c1. The lowest BCUT2D eigenvalue weighted by Crippen LogP contribution is -1.83. The Morgan fingerprint density at radius 1 is 1.12 bits per heavy atom. The molecule has 0 fully saturated rings. The lowest BCUT2D eigenvalue weighted by molar-refractivity contribution is 1.14. The van der Waals surface area contributed by atoms with Crippen molar-refractivity contribution in [3.05, 3.63) is 53.6 Å². The van der Waals surface area contributed by atoms with Gasteiger partial charge in [0, 0.05) is 17.3 Å². The highest BCUT2D eigenvalue weighted by Crippen LogP contribution is 2.17. The van der Waals surface area contributed by atoms with Gasteiger partial charge in [-0.25, -0.2) is 9.97 Å². The van der Waals surface area contributed by atoms with Gasteiger partial charge in [-0.2, -0.15) is 0 Å². The summed E-state index contributed by atoms with van der Waals surface area (Å²) in [6, 6.07) is 7.93. The fourth-order valence-corrected chi connectivity index (χ4v) is 1.71. The van der Waals surface area contributed by atoms with E-state index in [1.165, 1.54) is 5.56 Å². The molecule has 1 heterocycles. The van der Waals surface area contributed by atoms with E-state index in [-0.39, 0.29) is 0 Å². The largest absolute Gasteiger partial charge is 0.237 e. The molecule has 0 saturated heterocycles. The lowest BCUT2D eigenvalue weighted by atomic mass is 10.1. The van der Waals surface area contributed by atoms with Gasteiger partial charge in [0.2, 0.25) is 0 Å². The van der Waals surface area contributed by atoms with E-state index in [0.29, 0.717) is 5.82 Å². The Balaban J connectivity index is 2.24. The number of nitrogens with zero attached hydrogens (tertiary/aromatic N) is 2. The molecule has 1 aromatic carbocycles. The van der Waals surface area contributed by atoms with Crippen LogP contribution in [0.1, 0.15) is 17.0 Å². The fraction of sp³-hybridized carbons (Fsp3) is 0.0769. The summed E-state index contributed by atoms with van der Waals surface area (Å²) < 4.78 is 0. The molecular weight excluding hydrogens is 216 g/mol. The molecule has 0 aliphatic carbocycles. The van der Waals surface area contributed by atoms with Crippen LogP contribution in [0.4, 0.5) is 0 Å². The summed E-state index contributed by atoms with van der Waals surface area (Å²) in [7, 11) is 0. The quantitative estimate of drug-likeness (QED) is 0.798. The molecule has 3 heteroatoms. The Kier molecular flexibility index (Phi) is 3.37. The monoisotopic (exact) mass is 228 g/mol. The molecule has 0 bridgehead atoms. The molecular formula is C13H12N2S. The van der Waals surface area contributed by atoms with Crippen molar-refractivity contribution in [3.8, 4) is 0 Å². The predicted octanol–water partition coefficient (Wildman–Crippen LogP) is 3.24. The van der Waals surface area contributed by atoms with E-state index in [1.54, 1.807) is 18.5 Å².